The highest BCUT2D eigenvalue weighted by Crippen LogP contribution is 2.32. The van der Waals surface area contributed by atoms with Gasteiger partial charge in [0.15, 0.2) is 0 Å². The maximum absolute atomic E-state index is 6.48. The molecule has 2 fully saturated rings. The van der Waals surface area contributed by atoms with Crippen LogP contribution < -0.4 is 5.73 Å². The Morgan fingerprint density at radius 3 is 2.47 bits per heavy atom. The molecule has 0 atom stereocenters. The van der Waals surface area contributed by atoms with Gasteiger partial charge >= 0.3 is 0 Å². The summed E-state index contributed by atoms with van der Waals surface area (Å²) in [6, 6.07) is 0.811. The fourth-order valence-corrected chi connectivity index (χ4v) is 2.77. The lowest BCUT2D eigenvalue weighted by Gasteiger charge is -2.38. The van der Waals surface area contributed by atoms with Gasteiger partial charge < -0.3 is 5.73 Å². The first kappa shape index (κ1) is 11.2. The highest BCUT2D eigenvalue weighted by atomic mass is 15.2. The van der Waals surface area contributed by atoms with E-state index >= 15 is 0 Å². The minimum absolute atomic E-state index is 0.101. The molecule has 2 N–H and O–H groups in total. The van der Waals surface area contributed by atoms with Crippen molar-refractivity contribution in [2.45, 2.75) is 56.5 Å². The van der Waals surface area contributed by atoms with Crippen LogP contribution >= 0.6 is 0 Å². The van der Waals surface area contributed by atoms with Crippen LogP contribution in [0.15, 0.2) is 12.7 Å². The normalized spacial score (nSPS) is 25.5. The van der Waals surface area contributed by atoms with Gasteiger partial charge in [-0.05, 0) is 25.7 Å². The Kier molecular flexibility index (Phi) is 3.47. The fraction of sp³-hybridized carbons (Fsp3) is 0.846. The molecule has 0 saturated heterocycles. The molecule has 0 spiro atoms. The highest BCUT2D eigenvalue weighted by molar-refractivity contribution is 4.96. The zero-order valence-corrected chi connectivity index (χ0v) is 9.75. The van der Waals surface area contributed by atoms with Crippen LogP contribution in [0.2, 0.25) is 0 Å². The molecule has 0 aromatic carbocycles. The Hall–Kier alpha value is -0.340. The van der Waals surface area contributed by atoms with Gasteiger partial charge in [0.1, 0.15) is 0 Å². The summed E-state index contributed by atoms with van der Waals surface area (Å²) in [5.41, 5.74) is 6.58. The molecule has 0 unspecified atom stereocenters. The Labute approximate surface area is 93.5 Å². The first-order valence-electron chi connectivity index (χ1n) is 6.37. The van der Waals surface area contributed by atoms with Gasteiger partial charge in [0.05, 0.1) is 0 Å². The molecule has 2 heteroatoms. The van der Waals surface area contributed by atoms with Gasteiger partial charge in [0.2, 0.25) is 0 Å². The van der Waals surface area contributed by atoms with E-state index in [1.54, 1.807) is 0 Å². The maximum atomic E-state index is 6.48. The van der Waals surface area contributed by atoms with E-state index in [2.05, 4.69) is 11.5 Å². The molecule has 86 valence electrons. The third kappa shape index (κ3) is 3.05. The van der Waals surface area contributed by atoms with Gasteiger partial charge in [-0.25, -0.2) is 0 Å². The topological polar surface area (TPSA) is 29.3 Å². The molecular weight excluding hydrogens is 184 g/mol. The largest absolute Gasteiger partial charge is 0.324 e. The number of hydrogen-bond donors (Lipinski definition) is 1. The van der Waals surface area contributed by atoms with Gasteiger partial charge in [-0.1, -0.05) is 25.3 Å². The van der Waals surface area contributed by atoms with E-state index < -0.39 is 0 Å². The molecule has 0 aromatic heterocycles. The van der Waals surface area contributed by atoms with Crippen LogP contribution in [0, 0.1) is 0 Å². The van der Waals surface area contributed by atoms with Gasteiger partial charge in [0.25, 0.3) is 0 Å². The lowest BCUT2D eigenvalue weighted by Crippen LogP contribution is -2.52. The van der Waals surface area contributed by atoms with Gasteiger partial charge in [-0.3, -0.25) is 4.90 Å². The molecule has 2 aliphatic rings. The predicted octanol–water partition coefficient (Wildman–Crippen LogP) is 2.30. The highest BCUT2D eigenvalue weighted by Gasteiger charge is 2.35. The molecule has 0 amide bonds. The van der Waals surface area contributed by atoms with Crippen molar-refractivity contribution >= 4 is 0 Å². The molecule has 2 rings (SSSR count). The van der Waals surface area contributed by atoms with Crippen LogP contribution in [0.4, 0.5) is 0 Å². The summed E-state index contributed by atoms with van der Waals surface area (Å²) < 4.78 is 0. The predicted molar refractivity (Wildman–Crippen MR) is 64.8 cm³/mol. The standard InChI is InChI=1S/C13H24N2/c1-2-10-15(12-6-7-12)11-13(14)8-4-3-5-9-13/h2,12H,1,3-11,14H2. The average molecular weight is 208 g/mol. The van der Waals surface area contributed by atoms with E-state index in [4.69, 9.17) is 5.73 Å². The van der Waals surface area contributed by atoms with Crippen molar-refractivity contribution in [1.29, 1.82) is 0 Å². The molecular formula is C13H24N2. The third-order valence-corrected chi connectivity index (χ3v) is 3.79. The van der Waals surface area contributed by atoms with Gasteiger partial charge in [-0.15, -0.1) is 6.58 Å². The van der Waals surface area contributed by atoms with Crippen molar-refractivity contribution in [3.8, 4) is 0 Å². The zero-order chi connectivity index (χ0) is 10.7. The van der Waals surface area contributed by atoms with E-state index in [1.165, 1.54) is 44.9 Å². The summed E-state index contributed by atoms with van der Waals surface area (Å²) in [5, 5.41) is 0. The lowest BCUT2D eigenvalue weighted by atomic mass is 9.82. The van der Waals surface area contributed by atoms with Crippen LogP contribution in [0.1, 0.15) is 44.9 Å². The van der Waals surface area contributed by atoms with Crippen LogP contribution in [0.25, 0.3) is 0 Å². The molecule has 0 aromatic rings. The quantitative estimate of drug-likeness (QED) is 0.702. The van der Waals surface area contributed by atoms with E-state index in [1.807, 2.05) is 6.08 Å². The summed E-state index contributed by atoms with van der Waals surface area (Å²) in [7, 11) is 0. The molecule has 2 saturated carbocycles. The average Bonchev–Trinajstić information content (AvgIpc) is 3.01. The minimum atomic E-state index is 0.101. The number of rotatable bonds is 5. The summed E-state index contributed by atoms with van der Waals surface area (Å²) in [5.74, 6) is 0. The van der Waals surface area contributed by atoms with E-state index in [0.29, 0.717) is 0 Å². The molecule has 2 nitrogen and oxygen atoms in total. The lowest BCUT2D eigenvalue weighted by molar-refractivity contribution is 0.178. The van der Waals surface area contributed by atoms with E-state index in [9.17, 15) is 0 Å². The van der Waals surface area contributed by atoms with Gasteiger partial charge in [0, 0.05) is 24.7 Å². The Morgan fingerprint density at radius 2 is 1.93 bits per heavy atom. The molecule has 0 bridgehead atoms. The smallest absolute Gasteiger partial charge is 0.0283 e. The molecule has 0 heterocycles. The number of nitrogens with two attached hydrogens (primary N) is 1. The van der Waals surface area contributed by atoms with Crippen LogP contribution in [-0.2, 0) is 0 Å². The summed E-state index contributed by atoms with van der Waals surface area (Å²) in [4.78, 5) is 2.54. The molecule has 2 aliphatic carbocycles. The van der Waals surface area contributed by atoms with Crippen molar-refractivity contribution in [1.82, 2.24) is 4.90 Å². The first-order valence-corrected chi connectivity index (χ1v) is 6.37. The van der Waals surface area contributed by atoms with Crippen LogP contribution in [0.3, 0.4) is 0 Å². The third-order valence-electron chi connectivity index (χ3n) is 3.79. The van der Waals surface area contributed by atoms with Crippen LogP contribution in [0.5, 0.6) is 0 Å². The van der Waals surface area contributed by atoms with Crippen molar-refractivity contribution in [3.63, 3.8) is 0 Å². The van der Waals surface area contributed by atoms with Crippen molar-refractivity contribution in [2.24, 2.45) is 5.73 Å². The van der Waals surface area contributed by atoms with Gasteiger partial charge in [-0.2, -0.15) is 0 Å². The zero-order valence-electron chi connectivity index (χ0n) is 9.75. The summed E-state index contributed by atoms with van der Waals surface area (Å²) in [6.07, 6.45) is 11.2. The molecule has 0 aliphatic heterocycles. The van der Waals surface area contributed by atoms with E-state index in [-0.39, 0.29) is 5.54 Å². The number of hydrogen-bond acceptors (Lipinski definition) is 2. The molecule has 15 heavy (non-hydrogen) atoms. The minimum Gasteiger partial charge on any atom is -0.324 e. The van der Waals surface area contributed by atoms with Crippen molar-refractivity contribution in [2.75, 3.05) is 13.1 Å². The molecule has 0 radical (unpaired) electrons. The summed E-state index contributed by atoms with van der Waals surface area (Å²) >= 11 is 0. The second-order valence-electron chi connectivity index (χ2n) is 5.37. The second-order valence-corrected chi connectivity index (χ2v) is 5.37. The van der Waals surface area contributed by atoms with Crippen LogP contribution in [-0.4, -0.2) is 29.6 Å². The first-order chi connectivity index (χ1) is 7.23. The van der Waals surface area contributed by atoms with Crippen molar-refractivity contribution in [3.05, 3.63) is 12.7 Å². The Morgan fingerprint density at radius 1 is 1.27 bits per heavy atom. The van der Waals surface area contributed by atoms with E-state index in [0.717, 1.165) is 19.1 Å². The van der Waals surface area contributed by atoms with Crippen molar-refractivity contribution < 1.29 is 0 Å². The number of nitrogens with zero attached hydrogens (tertiary/aromatic N) is 1. The second kappa shape index (κ2) is 4.67. The Bertz CT molecular complexity index is 215. The fourth-order valence-electron chi connectivity index (χ4n) is 2.77. The Balaban J connectivity index is 1.88. The monoisotopic (exact) mass is 208 g/mol. The SMILES string of the molecule is C=CCN(CC1(N)CCCCC1)C1CC1. The maximum Gasteiger partial charge on any atom is 0.0283 e. The summed E-state index contributed by atoms with van der Waals surface area (Å²) in [6.45, 7) is 5.95.